The third kappa shape index (κ3) is 7.61. The molecule has 1 aromatic rings. The number of aryl methyl sites for hydroxylation is 2. The first kappa shape index (κ1) is 15.4. The predicted molar refractivity (Wildman–Crippen MR) is 62.6 cm³/mol. The molecule has 2 N–H and O–H groups in total. The van der Waals surface area contributed by atoms with Crippen LogP contribution < -0.4 is 5.73 Å². The normalized spacial score (nSPS) is 7.50. The monoisotopic (exact) mass is 217 g/mol. The van der Waals surface area contributed by atoms with Crippen LogP contribution in [-0.2, 0) is 9.53 Å². The molecule has 0 amide bonds. The molecule has 0 saturated heterocycles. The minimum Gasteiger partial charge on any atom is -0.471 e. The molecule has 0 aliphatic rings. The molecule has 1 rings (SSSR count). The lowest BCUT2D eigenvalue weighted by atomic mass is 10.4. The van der Waals surface area contributed by atoms with Gasteiger partial charge in [-0.3, -0.25) is 4.79 Å². The second kappa shape index (κ2) is 10.1. The minimum absolute atomic E-state index is 0.375. The maximum atomic E-state index is 8.95. The van der Waals surface area contributed by atoms with Crippen molar-refractivity contribution in [3.05, 3.63) is 15.8 Å². The lowest BCUT2D eigenvalue weighted by Gasteiger charge is -1.81. The van der Waals surface area contributed by atoms with Gasteiger partial charge in [-0.15, -0.1) is 11.3 Å². The van der Waals surface area contributed by atoms with Gasteiger partial charge in [-0.05, 0) is 19.9 Å². The molecule has 1 heterocycles. The van der Waals surface area contributed by atoms with Crippen molar-refractivity contribution in [3.8, 4) is 0 Å². The van der Waals surface area contributed by atoms with Gasteiger partial charge in [0, 0.05) is 15.4 Å². The van der Waals surface area contributed by atoms with E-state index in [4.69, 9.17) is 10.5 Å². The Bertz CT molecular complexity index is 227. The van der Waals surface area contributed by atoms with Gasteiger partial charge in [0.1, 0.15) is 0 Å². The quantitative estimate of drug-likeness (QED) is 0.736. The third-order valence-corrected chi connectivity index (χ3v) is 2.16. The van der Waals surface area contributed by atoms with Gasteiger partial charge in [0.15, 0.2) is 0 Å². The summed E-state index contributed by atoms with van der Waals surface area (Å²) in [5.41, 5.74) is 6.47. The number of rotatable bonds is 1. The van der Waals surface area contributed by atoms with Gasteiger partial charge < -0.3 is 10.5 Å². The van der Waals surface area contributed by atoms with E-state index in [1.807, 2.05) is 26.8 Å². The summed E-state index contributed by atoms with van der Waals surface area (Å²) in [6, 6.07) is 2.00. The van der Waals surface area contributed by atoms with Gasteiger partial charge in [0.2, 0.25) is 0 Å². The van der Waals surface area contributed by atoms with Gasteiger partial charge in [0.25, 0.3) is 6.47 Å². The molecule has 0 fully saturated rings. The van der Waals surface area contributed by atoms with Crippen LogP contribution in [0.15, 0.2) is 6.07 Å². The van der Waals surface area contributed by atoms with Crippen LogP contribution in [0.2, 0.25) is 0 Å². The number of anilines is 1. The van der Waals surface area contributed by atoms with Crippen molar-refractivity contribution in [2.24, 2.45) is 0 Å². The Morgan fingerprint density at radius 3 is 1.93 bits per heavy atom. The first-order valence-electron chi connectivity index (χ1n) is 4.40. The largest absolute Gasteiger partial charge is 0.471 e. The van der Waals surface area contributed by atoms with Crippen LogP contribution in [-0.4, -0.2) is 13.6 Å². The summed E-state index contributed by atoms with van der Waals surface area (Å²) in [6.07, 6.45) is 0. The molecule has 0 unspecified atom stereocenters. The average molecular weight is 217 g/mol. The van der Waals surface area contributed by atoms with Gasteiger partial charge in [0.05, 0.1) is 7.11 Å². The number of methoxy groups -OCH3 is 1. The number of carbonyl (C=O) groups excluding carboxylic acids is 1. The Hall–Kier alpha value is -1.03. The SMILES string of the molecule is CC.COC=O.Cc1cc(N)c(C)s1. The summed E-state index contributed by atoms with van der Waals surface area (Å²) in [7, 11) is 1.31. The molecule has 0 saturated carbocycles. The van der Waals surface area contributed by atoms with Crippen molar-refractivity contribution in [2.75, 3.05) is 12.8 Å². The zero-order chi connectivity index (χ0) is 11.6. The van der Waals surface area contributed by atoms with Crippen molar-refractivity contribution in [1.29, 1.82) is 0 Å². The fraction of sp³-hybridized carbons (Fsp3) is 0.500. The lowest BCUT2D eigenvalue weighted by Crippen LogP contribution is -1.80. The lowest BCUT2D eigenvalue weighted by molar-refractivity contribution is -0.126. The van der Waals surface area contributed by atoms with Crippen molar-refractivity contribution < 1.29 is 9.53 Å². The summed E-state index contributed by atoms with van der Waals surface area (Å²) < 4.78 is 3.86. The molecule has 82 valence electrons. The van der Waals surface area contributed by atoms with E-state index in [0.717, 1.165) is 5.69 Å². The van der Waals surface area contributed by atoms with Crippen LogP contribution >= 0.6 is 11.3 Å². The van der Waals surface area contributed by atoms with E-state index in [1.165, 1.54) is 16.9 Å². The van der Waals surface area contributed by atoms with E-state index in [9.17, 15) is 0 Å². The highest BCUT2D eigenvalue weighted by molar-refractivity contribution is 7.12. The Kier molecular flexibility index (Phi) is 11.1. The van der Waals surface area contributed by atoms with E-state index in [-0.39, 0.29) is 0 Å². The minimum atomic E-state index is 0.375. The molecular weight excluding hydrogens is 198 g/mol. The maximum absolute atomic E-state index is 8.95. The van der Waals surface area contributed by atoms with Crippen LogP contribution in [0, 0.1) is 13.8 Å². The Morgan fingerprint density at radius 2 is 1.86 bits per heavy atom. The molecule has 4 heteroatoms. The molecule has 0 aliphatic carbocycles. The van der Waals surface area contributed by atoms with Crippen molar-refractivity contribution >= 4 is 23.5 Å². The first-order chi connectivity index (χ1) is 6.61. The summed E-state index contributed by atoms with van der Waals surface area (Å²) in [4.78, 5) is 11.5. The van der Waals surface area contributed by atoms with E-state index in [0.29, 0.717) is 6.47 Å². The molecule has 0 aromatic carbocycles. The fourth-order valence-electron chi connectivity index (χ4n) is 0.650. The van der Waals surface area contributed by atoms with Crippen LogP contribution in [0.1, 0.15) is 23.6 Å². The Morgan fingerprint density at radius 1 is 1.43 bits per heavy atom. The smallest absolute Gasteiger partial charge is 0.292 e. The number of hydrogen-bond donors (Lipinski definition) is 1. The fourth-order valence-corrected chi connectivity index (χ4v) is 1.50. The standard InChI is InChI=1S/C6H9NS.C2H4O2.C2H6/c1-4-3-6(7)5(2)8-4;1-4-2-3;1-2/h3H,7H2,1-2H3;2H,1H3;1-2H3. The summed E-state index contributed by atoms with van der Waals surface area (Å²) in [5, 5.41) is 0. The summed E-state index contributed by atoms with van der Waals surface area (Å²) in [5.74, 6) is 0. The zero-order valence-electron chi connectivity index (χ0n) is 9.46. The molecule has 3 nitrogen and oxygen atoms in total. The molecule has 0 atom stereocenters. The molecule has 0 bridgehead atoms. The second-order valence-electron chi connectivity index (χ2n) is 2.20. The van der Waals surface area contributed by atoms with Gasteiger partial charge in [-0.2, -0.15) is 0 Å². The summed E-state index contributed by atoms with van der Waals surface area (Å²) in [6.45, 7) is 8.47. The average Bonchev–Trinajstić information content (AvgIpc) is 2.48. The Balaban J connectivity index is 0. The molecule has 0 radical (unpaired) electrons. The number of carbonyl (C=O) groups is 1. The second-order valence-corrected chi connectivity index (χ2v) is 3.66. The maximum Gasteiger partial charge on any atom is 0.292 e. The van der Waals surface area contributed by atoms with Crippen molar-refractivity contribution in [3.63, 3.8) is 0 Å². The number of ether oxygens (including phenoxy) is 1. The van der Waals surface area contributed by atoms with Gasteiger partial charge in [-0.1, -0.05) is 13.8 Å². The van der Waals surface area contributed by atoms with Crippen molar-refractivity contribution in [2.45, 2.75) is 27.7 Å². The number of nitrogen functional groups attached to an aromatic ring is 1. The molecule has 0 spiro atoms. The Labute approximate surface area is 89.9 Å². The van der Waals surface area contributed by atoms with Crippen LogP contribution in [0.3, 0.4) is 0 Å². The molecule has 0 aliphatic heterocycles. The van der Waals surface area contributed by atoms with Gasteiger partial charge >= 0.3 is 0 Å². The zero-order valence-corrected chi connectivity index (χ0v) is 10.3. The van der Waals surface area contributed by atoms with E-state index < -0.39 is 0 Å². The van der Waals surface area contributed by atoms with E-state index in [1.54, 1.807) is 11.3 Å². The van der Waals surface area contributed by atoms with Crippen LogP contribution in [0.5, 0.6) is 0 Å². The number of thiophene rings is 1. The molecule has 14 heavy (non-hydrogen) atoms. The van der Waals surface area contributed by atoms with E-state index in [2.05, 4.69) is 11.7 Å². The highest BCUT2D eigenvalue weighted by Gasteiger charge is 1.94. The number of nitrogens with two attached hydrogens (primary N) is 1. The summed E-state index contributed by atoms with van der Waals surface area (Å²) >= 11 is 1.74. The highest BCUT2D eigenvalue weighted by atomic mass is 32.1. The highest BCUT2D eigenvalue weighted by Crippen LogP contribution is 2.21. The van der Waals surface area contributed by atoms with Gasteiger partial charge in [-0.25, -0.2) is 0 Å². The number of hydrogen-bond acceptors (Lipinski definition) is 4. The topological polar surface area (TPSA) is 52.3 Å². The van der Waals surface area contributed by atoms with E-state index >= 15 is 0 Å². The molecular formula is C10H19NO2S. The van der Waals surface area contributed by atoms with Crippen LogP contribution in [0.25, 0.3) is 0 Å². The van der Waals surface area contributed by atoms with Crippen molar-refractivity contribution in [1.82, 2.24) is 0 Å². The predicted octanol–water partition coefficient (Wildman–Crippen LogP) is 2.76. The third-order valence-electron chi connectivity index (χ3n) is 1.18. The molecule has 1 aromatic heterocycles. The van der Waals surface area contributed by atoms with Crippen LogP contribution in [0.4, 0.5) is 5.69 Å². The first-order valence-corrected chi connectivity index (χ1v) is 5.22.